The Kier molecular flexibility index (Phi) is 5.13. The lowest BCUT2D eigenvalue weighted by Gasteiger charge is -2.11. The maximum atomic E-state index is 13.7. The minimum absolute atomic E-state index is 0.0316. The molecular weight excluding hydrogens is 384 g/mol. The summed E-state index contributed by atoms with van der Waals surface area (Å²) in [7, 11) is 0. The zero-order valence-electron chi connectivity index (χ0n) is 10.5. The topological polar surface area (TPSA) is 35.2 Å². The van der Waals surface area contributed by atoms with Gasteiger partial charge in [-0.25, -0.2) is 8.78 Å². The zero-order valence-corrected chi connectivity index (χ0v) is 13.7. The van der Waals surface area contributed by atoms with Crippen molar-refractivity contribution in [3.63, 3.8) is 0 Å². The number of hydrogen-bond donors (Lipinski definition) is 1. The molecule has 2 N–H and O–H groups in total. The third-order valence-electron chi connectivity index (χ3n) is 2.69. The van der Waals surface area contributed by atoms with E-state index in [0.717, 1.165) is 6.07 Å². The molecule has 0 aliphatic carbocycles. The van der Waals surface area contributed by atoms with E-state index in [4.69, 9.17) is 34.3 Å². The van der Waals surface area contributed by atoms with Crippen molar-refractivity contribution in [2.24, 2.45) is 5.73 Å². The smallest absolute Gasteiger partial charge is 0.145 e. The van der Waals surface area contributed by atoms with Gasteiger partial charge in [-0.05, 0) is 40.2 Å². The van der Waals surface area contributed by atoms with E-state index in [2.05, 4.69) is 15.9 Å². The normalized spacial score (nSPS) is 10.5. The highest BCUT2D eigenvalue weighted by molar-refractivity contribution is 9.10. The van der Waals surface area contributed by atoms with Crippen LogP contribution in [0.3, 0.4) is 0 Å². The summed E-state index contributed by atoms with van der Waals surface area (Å²) in [6.45, 7) is -0.0953. The second kappa shape index (κ2) is 6.68. The Morgan fingerprint density at radius 3 is 2.62 bits per heavy atom. The number of hydrogen-bond acceptors (Lipinski definition) is 2. The lowest BCUT2D eigenvalue weighted by molar-refractivity contribution is 0.296. The van der Waals surface area contributed by atoms with Gasteiger partial charge in [-0.1, -0.05) is 23.8 Å². The monoisotopic (exact) mass is 391 g/mol. The van der Waals surface area contributed by atoms with E-state index in [1.54, 1.807) is 0 Å². The summed E-state index contributed by atoms with van der Waals surface area (Å²) >= 11 is 13.7. The molecule has 0 aromatic heterocycles. The third-order valence-corrected chi connectivity index (χ3v) is 3.83. The van der Waals surface area contributed by atoms with Crippen LogP contribution in [-0.4, -0.2) is 4.99 Å². The van der Waals surface area contributed by atoms with Gasteiger partial charge in [0.1, 0.15) is 29.0 Å². The number of ether oxygens (including phenoxy) is 1. The number of thiocarbonyl (C=S) groups is 1. The first kappa shape index (κ1) is 16.1. The van der Waals surface area contributed by atoms with E-state index >= 15 is 0 Å². The van der Waals surface area contributed by atoms with Crippen molar-refractivity contribution in [1.29, 1.82) is 0 Å². The van der Waals surface area contributed by atoms with E-state index in [9.17, 15) is 8.78 Å². The molecule has 0 aliphatic heterocycles. The molecule has 0 fully saturated rings. The summed E-state index contributed by atoms with van der Waals surface area (Å²) in [6, 6.07) is 6.73. The number of benzene rings is 2. The van der Waals surface area contributed by atoms with Crippen LogP contribution in [0.5, 0.6) is 5.75 Å². The van der Waals surface area contributed by atoms with Gasteiger partial charge in [0, 0.05) is 17.2 Å². The third kappa shape index (κ3) is 3.90. The molecule has 0 amide bonds. The molecule has 0 saturated carbocycles. The molecule has 0 heterocycles. The molecule has 0 atom stereocenters. The van der Waals surface area contributed by atoms with Crippen molar-refractivity contribution in [3.8, 4) is 5.75 Å². The molecule has 2 aromatic carbocycles. The van der Waals surface area contributed by atoms with Gasteiger partial charge in [-0.3, -0.25) is 0 Å². The van der Waals surface area contributed by atoms with Crippen molar-refractivity contribution in [3.05, 3.63) is 62.6 Å². The van der Waals surface area contributed by atoms with Crippen molar-refractivity contribution >= 4 is 44.7 Å². The standard InChI is InChI=1S/C14H9BrClF2NOS/c15-9-4-10(16)12(18)5-13(9)20-6-8-3-7(14(19)21)1-2-11(8)17/h1-5H,6H2,(H2,19,21). The summed E-state index contributed by atoms with van der Waals surface area (Å²) in [5.74, 6) is -0.857. The van der Waals surface area contributed by atoms with Gasteiger partial charge < -0.3 is 10.5 Å². The Balaban J connectivity index is 2.22. The minimum atomic E-state index is -0.618. The predicted octanol–water partition coefficient (Wildman–Crippen LogP) is 4.59. The van der Waals surface area contributed by atoms with Gasteiger partial charge >= 0.3 is 0 Å². The fraction of sp³-hybridized carbons (Fsp3) is 0.0714. The Bertz CT molecular complexity index is 712. The average Bonchev–Trinajstić information content (AvgIpc) is 2.42. The minimum Gasteiger partial charge on any atom is -0.488 e. The molecule has 7 heteroatoms. The molecule has 0 spiro atoms. The van der Waals surface area contributed by atoms with Crippen LogP contribution in [0.15, 0.2) is 34.8 Å². The van der Waals surface area contributed by atoms with Gasteiger partial charge in [0.25, 0.3) is 0 Å². The van der Waals surface area contributed by atoms with E-state index in [0.29, 0.717) is 10.0 Å². The van der Waals surface area contributed by atoms with Crippen LogP contribution < -0.4 is 10.5 Å². The summed E-state index contributed by atoms with van der Waals surface area (Å²) in [6.07, 6.45) is 0. The molecule has 0 aliphatic rings. The highest BCUT2D eigenvalue weighted by Gasteiger charge is 2.10. The second-order valence-electron chi connectivity index (χ2n) is 4.16. The van der Waals surface area contributed by atoms with E-state index < -0.39 is 11.6 Å². The Morgan fingerprint density at radius 2 is 1.95 bits per heavy atom. The van der Waals surface area contributed by atoms with Crippen molar-refractivity contribution in [1.82, 2.24) is 0 Å². The van der Waals surface area contributed by atoms with Crippen LogP contribution in [0.25, 0.3) is 0 Å². The fourth-order valence-corrected chi connectivity index (χ4v) is 2.49. The maximum absolute atomic E-state index is 13.7. The average molecular weight is 393 g/mol. The first-order valence-electron chi connectivity index (χ1n) is 5.74. The van der Waals surface area contributed by atoms with Crippen molar-refractivity contribution in [2.45, 2.75) is 6.61 Å². The quantitative estimate of drug-likeness (QED) is 0.610. The fourth-order valence-electron chi connectivity index (χ4n) is 1.61. The molecule has 0 bridgehead atoms. The molecule has 21 heavy (non-hydrogen) atoms. The van der Waals surface area contributed by atoms with Gasteiger partial charge in [-0.2, -0.15) is 0 Å². The Hall–Kier alpha value is -1.24. The predicted molar refractivity (Wildman–Crippen MR) is 85.7 cm³/mol. The lowest BCUT2D eigenvalue weighted by atomic mass is 10.1. The highest BCUT2D eigenvalue weighted by Crippen LogP contribution is 2.31. The largest absolute Gasteiger partial charge is 0.488 e. The summed E-state index contributed by atoms with van der Waals surface area (Å²) in [5, 5.41) is -0.0316. The molecule has 0 radical (unpaired) electrons. The van der Waals surface area contributed by atoms with Gasteiger partial charge in [-0.15, -0.1) is 0 Å². The Labute approximate surface area is 139 Å². The first-order chi connectivity index (χ1) is 9.88. The van der Waals surface area contributed by atoms with Crippen LogP contribution in [0, 0.1) is 11.6 Å². The number of halogens is 4. The van der Waals surface area contributed by atoms with Crippen LogP contribution in [0.2, 0.25) is 5.02 Å². The molecule has 2 nitrogen and oxygen atoms in total. The summed E-state index contributed by atoms with van der Waals surface area (Å²) < 4.78 is 33.0. The van der Waals surface area contributed by atoms with E-state index in [1.165, 1.54) is 24.3 Å². The summed E-state index contributed by atoms with van der Waals surface area (Å²) in [4.78, 5) is 0.162. The van der Waals surface area contributed by atoms with Crippen LogP contribution in [-0.2, 0) is 6.61 Å². The first-order valence-corrected chi connectivity index (χ1v) is 7.32. The van der Waals surface area contributed by atoms with Crippen LogP contribution >= 0.6 is 39.7 Å². The number of rotatable bonds is 4. The van der Waals surface area contributed by atoms with Crippen molar-refractivity contribution < 1.29 is 13.5 Å². The second-order valence-corrected chi connectivity index (χ2v) is 5.86. The van der Waals surface area contributed by atoms with E-state index in [-0.39, 0.29) is 27.9 Å². The van der Waals surface area contributed by atoms with Gasteiger partial charge in [0.2, 0.25) is 0 Å². The zero-order chi connectivity index (χ0) is 15.6. The molecule has 2 rings (SSSR count). The van der Waals surface area contributed by atoms with Crippen molar-refractivity contribution in [2.75, 3.05) is 0 Å². The molecule has 2 aromatic rings. The van der Waals surface area contributed by atoms with Gasteiger partial charge in [0.05, 0.1) is 9.50 Å². The molecular formula is C14H9BrClF2NOS. The number of nitrogens with two attached hydrogens (primary N) is 1. The molecule has 0 unspecified atom stereocenters. The SMILES string of the molecule is NC(=S)c1ccc(F)c(COc2cc(F)c(Cl)cc2Br)c1. The van der Waals surface area contributed by atoms with Crippen LogP contribution in [0.4, 0.5) is 8.78 Å². The maximum Gasteiger partial charge on any atom is 0.145 e. The molecule has 110 valence electrons. The van der Waals surface area contributed by atoms with E-state index in [1.807, 2.05) is 0 Å². The van der Waals surface area contributed by atoms with Crippen LogP contribution in [0.1, 0.15) is 11.1 Å². The lowest BCUT2D eigenvalue weighted by Crippen LogP contribution is -2.10. The molecule has 0 saturated heterocycles. The van der Waals surface area contributed by atoms with Gasteiger partial charge in [0.15, 0.2) is 0 Å². The summed E-state index contributed by atoms with van der Waals surface area (Å²) in [5.41, 5.74) is 6.30. The highest BCUT2D eigenvalue weighted by atomic mass is 79.9. The Morgan fingerprint density at radius 1 is 1.24 bits per heavy atom.